The van der Waals surface area contributed by atoms with Gasteiger partial charge in [-0.25, -0.2) is 0 Å². The first kappa shape index (κ1) is 12.4. The Bertz CT molecular complexity index is 417. The van der Waals surface area contributed by atoms with Gasteiger partial charge in [-0.05, 0) is 61.2 Å². The molecule has 2 fully saturated rings. The Hall–Kier alpha value is -0.590. The second kappa shape index (κ2) is 3.71. The smallest absolute Gasteiger partial charge is 0.133 e. The molecule has 1 spiro atoms. The van der Waals surface area contributed by atoms with Gasteiger partial charge in [0, 0.05) is 6.42 Å². The van der Waals surface area contributed by atoms with Gasteiger partial charge >= 0.3 is 0 Å². The molecular formula is C17H26O. The molecule has 3 rings (SSSR count). The van der Waals surface area contributed by atoms with E-state index in [0.29, 0.717) is 23.0 Å². The lowest BCUT2D eigenvalue weighted by Gasteiger charge is -2.38. The molecule has 1 heteroatoms. The number of ketones is 1. The Morgan fingerprint density at radius 3 is 2.83 bits per heavy atom. The van der Waals surface area contributed by atoms with Gasteiger partial charge in [-0.15, -0.1) is 0 Å². The van der Waals surface area contributed by atoms with Crippen molar-refractivity contribution in [2.45, 2.75) is 59.8 Å². The Balaban J connectivity index is 1.98. The third-order valence-electron chi connectivity index (χ3n) is 6.52. The first-order valence-corrected chi connectivity index (χ1v) is 7.57. The summed E-state index contributed by atoms with van der Waals surface area (Å²) in [6, 6.07) is 0. The molecule has 0 saturated heterocycles. The van der Waals surface area contributed by atoms with E-state index in [0.717, 1.165) is 17.8 Å². The van der Waals surface area contributed by atoms with E-state index in [1.807, 2.05) is 0 Å². The molecule has 3 aliphatic carbocycles. The van der Waals surface area contributed by atoms with Crippen LogP contribution in [0.5, 0.6) is 0 Å². The molecule has 4 atom stereocenters. The molecule has 0 radical (unpaired) electrons. The molecule has 1 nitrogen and oxygen atoms in total. The largest absolute Gasteiger partial charge is 0.300 e. The summed E-state index contributed by atoms with van der Waals surface area (Å²) < 4.78 is 0. The van der Waals surface area contributed by atoms with Crippen LogP contribution in [0.25, 0.3) is 0 Å². The maximum atomic E-state index is 11.5. The fourth-order valence-corrected chi connectivity index (χ4v) is 5.69. The number of fused-ring (bicyclic) bond motifs is 1. The summed E-state index contributed by atoms with van der Waals surface area (Å²) in [5.74, 6) is 2.88. The monoisotopic (exact) mass is 246 g/mol. The van der Waals surface area contributed by atoms with Crippen molar-refractivity contribution in [3.05, 3.63) is 11.6 Å². The lowest BCUT2D eigenvalue weighted by atomic mass is 9.66. The zero-order chi connectivity index (χ0) is 13.1. The van der Waals surface area contributed by atoms with Gasteiger partial charge in [-0.3, -0.25) is 4.79 Å². The third-order valence-corrected chi connectivity index (χ3v) is 6.52. The standard InChI is InChI=1S/C17H26O/c1-11-7-8-17-10-14(11)16(3,4)15(17)6-5-13(17)9-12(2)18/h5,11,14-15H,6-10H2,1-4H3/t11-,14-,15+,17-/m1/s1. The van der Waals surface area contributed by atoms with Gasteiger partial charge in [0.15, 0.2) is 0 Å². The van der Waals surface area contributed by atoms with Crippen LogP contribution in [0.4, 0.5) is 0 Å². The maximum Gasteiger partial charge on any atom is 0.133 e. The van der Waals surface area contributed by atoms with Crippen LogP contribution in [0.15, 0.2) is 11.6 Å². The summed E-state index contributed by atoms with van der Waals surface area (Å²) in [6.07, 6.45) is 8.40. The van der Waals surface area contributed by atoms with Gasteiger partial charge in [-0.2, -0.15) is 0 Å². The van der Waals surface area contributed by atoms with E-state index in [1.54, 1.807) is 6.92 Å². The molecule has 0 unspecified atom stereocenters. The van der Waals surface area contributed by atoms with Crippen molar-refractivity contribution >= 4 is 5.78 Å². The van der Waals surface area contributed by atoms with E-state index in [1.165, 1.54) is 31.3 Å². The molecule has 0 aromatic rings. The quantitative estimate of drug-likeness (QED) is 0.661. The molecule has 0 heterocycles. The van der Waals surface area contributed by atoms with Gasteiger partial charge in [-0.1, -0.05) is 32.4 Å². The highest BCUT2D eigenvalue weighted by molar-refractivity contribution is 5.78. The average Bonchev–Trinajstić information content (AvgIpc) is 2.69. The molecule has 2 bridgehead atoms. The summed E-state index contributed by atoms with van der Waals surface area (Å²) in [7, 11) is 0. The minimum Gasteiger partial charge on any atom is -0.300 e. The normalized spacial score (nSPS) is 44.7. The van der Waals surface area contributed by atoms with Crippen LogP contribution in [0.3, 0.4) is 0 Å². The third kappa shape index (κ3) is 1.42. The summed E-state index contributed by atoms with van der Waals surface area (Å²) in [4.78, 5) is 11.5. The first-order chi connectivity index (χ1) is 8.38. The number of Topliss-reactive ketones (excluding diaryl/α,β-unsaturated/α-hetero) is 1. The second-order valence-corrected chi connectivity index (χ2v) is 7.70. The van der Waals surface area contributed by atoms with Crippen molar-refractivity contribution in [2.24, 2.45) is 28.6 Å². The van der Waals surface area contributed by atoms with Gasteiger partial charge < -0.3 is 0 Å². The summed E-state index contributed by atoms with van der Waals surface area (Å²) in [5, 5.41) is 0. The topological polar surface area (TPSA) is 17.1 Å². The minimum atomic E-state index is 0.344. The number of hydrogen-bond donors (Lipinski definition) is 0. The molecule has 0 N–H and O–H groups in total. The van der Waals surface area contributed by atoms with E-state index in [4.69, 9.17) is 0 Å². The predicted octanol–water partition coefficient (Wildman–Crippen LogP) is 4.37. The Morgan fingerprint density at radius 1 is 1.44 bits per heavy atom. The van der Waals surface area contributed by atoms with Crippen LogP contribution in [-0.2, 0) is 4.79 Å². The number of rotatable bonds is 2. The highest BCUT2D eigenvalue weighted by Crippen LogP contribution is 2.71. The average molecular weight is 246 g/mol. The van der Waals surface area contributed by atoms with Crippen molar-refractivity contribution in [1.82, 2.24) is 0 Å². The van der Waals surface area contributed by atoms with Crippen LogP contribution in [0.2, 0.25) is 0 Å². The first-order valence-electron chi connectivity index (χ1n) is 7.57. The molecule has 0 aromatic carbocycles. The van der Waals surface area contributed by atoms with Crippen molar-refractivity contribution in [1.29, 1.82) is 0 Å². The summed E-state index contributed by atoms with van der Waals surface area (Å²) in [6.45, 7) is 9.15. The summed E-state index contributed by atoms with van der Waals surface area (Å²) in [5.41, 5.74) is 2.37. The zero-order valence-corrected chi connectivity index (χ0v) is 12.3. The number of carbonyl (C=O) groups excluding carboxylic acids is 1. The van der Waals surface area contributed by atoms with Crippen LogP contribution in [-0.4, -0.2) is 5.78 Å². The van der Waals surface area contributed by atoms with E-state index < -0.39 is 0 Å². The molecule has 0 amide bonds. The second-order valence-electron chi connectivity index (χ2n) is 7.70. The van der Waals surface area contributed by atoms with Crippen molar-refractivity contribution < 1.29 is 4.79 Å². The molecule has 0 aromatic heterocycles. The minimum absolute atomic E-state index is 0.344. The Morgan fingerprint density at radius 2 is 2.17 bits per heavy atom. The maximum absolute atomic E-state index is 11.5. The van der Waals surface area contributed by atoms with Crippen molar-refractivity contribution in [2.75, 3.05) is 0 Å². The predicted molar refractivity (Wildman–Crippen MR) is 74.2 cm³/mol. The number of carbonyl (C=O) groups is 1. The van der Waals surface area contributed by atoms with E-state index >= 15 is 0 Å². The molecule has 0 aliphatic heterocycles. The molecule has 2 saturated carbocycles. The van der Waals surface area contributed by atoms with Crippen LogP contribution in [0, 0.1) is 28.6 Å². The van der Waals surface area contributed by atoms with Gasteiger partial charge in [0.25, 0.3) is 0 Å². The van der Waals surface area contributed by atoms with Crippen LogP contribution < -0.4 is 0 Å². The number of allylic oxidation sites excluding steroid dienone is 2. The molecule has 18 heavy (non-hydrogen) atoms. The highest BCUT2D eigenvalue weighted by Gasteiger charge is 2.63. The zero-order valence-electron chi connectivity index (χ0n) is 12.3. The Kier molecular flexibility index (Phi) is 2.56. The molecule has 100 valence electrons. The highest BCUT2D eigenvalue weighted by atomic mass is 16.1. The lowest BCUT2D eigenvalue weighted by Crippen LogP contribution is -2.29. The van der Waals surface area contributed by atoms with Crippen molar-refractivity contribution in [3.63, 3.8) is 0 Å². The van der Waals surface area contributed by atoms with E-state index in [2.05, 4.69) is 26.8 Å². The van der Waals surface area contributed by atoms with Gasteiger partial charge in [0.1, 0.15) is 5.78 Å². The fourth-order valence-electron chi connectivity index (χ4n) is 5.69. The van der Waals surface area contributed by atoms with Crippen LogP contribution >= 0.6 is 0 Å². The van der Waals surface area contributed by atoms with Gasteiger partial charge in [0.05, 0.1) is 0 Å². The van der Waals surface area contributed by atoms with E-state index in [-0.39, 0.29) is 0 Å². The lowest BCUT2D eigenvalue weighted by molar-refractivity contribution is -0.116. The number of hydrogen-bond acceptors (Lipinski definition) is 1. The van der Waals surface area contributed by atoms with Gasteiger partial charge in [0.2, 0.25) is 0 Å². The molecule has 3 aliphatic rings. The summed E-state index contributed by atoms with van der Waals surface area (Å²) >= 11 is 0. The van der Waals surface area contributed by atoms with E-state index in [9.17, 15) is 4.79 Å². The van der Waals surface area contributed by atoms with Crippen LogP contribution in [0.1, 0.15) is 59.8 Å². The SMILES string of the molecule is CC(=O)CC1=CC[C@H]2C(C)(C)[C@@H]3C[C@]12CC[C@H]3C. The Labute approximate surface area is 111 Å². The van der Waals surface area contributed by atoms with Crippen molar-refractivity contribution in [3.8, 4) is 0 Å². The fraction of sp³-hybridized carbons (Fsp3) is 0.824. The molecular weight excluding hydrogens is 220 g/mol.